The Morgan fingerprint density at radius 2 is 1.81 bits per heavy atom. The van der Waals surface area contributed by atoms with Gasteiger partial charge in [-0.05, 0) is 18.8 Å². The average Bonchev–Trinajstić information content (AvgIpc) is 2.24. The van der Waals surface area contributed by atoms with E-state index < -0.39 is 0 Å². The van der Waals surface area contributed by atoms with Crippen molar-refractivity contribution in [2.75, 3.05) is 0 Å². The lowest BCUT2D eigenvalue weighted by molar-refractivity contribution is -0.124. The molecule has 0 saturated carbocycles. The van der Waals surface area contributed by atoms with Gasteiger partial charge in [-0.3, -0.25) is 4.79 Å². The molecule has 0 saturated heterocycles. The van der Waals surface area contributed by atoms with Gasteiger partial charge in [0.15, 0.2) is 0 Å². The Bertz CT molecular complexity index is 192. The molecule has 3 nitrogen and oxygen atoms in total. The summed E-state index contributed by atoms with van der Waals surface area (Å²) in [5, 5.41) is 3.07. The maximum Gasteiger partial charge on any atom is 0.237 e. The van der Waals surface area contributed by atoms with Crippen LogP contribution >= 0.6 is 0 Å². The molecule has 0 aromatic heterocycles. The van der Waals surface area contributed by atoms with Gasteiger partial charge in [0.05, 0.1) is 6.04 Å². The number of amides is 1. The molecular weight excluding hydrogens is 200 g/mol. The first-order valence-corrected chi connectivity index (χ1v) is 6.58. The van der Waals surface area contributed by atoms with E-state index in [9.17, 15) is 4.79 Å². The van der Waals surface area contributed by atoms with Crippen LogP contribution in [0.4, 0.5) is 0 Å². The quantitative estimate of drug-likeness (QED) is 0.670. The van der Waals surface area contributed by atoms with Gasteiger partial charge in [0, 0.05) is 6.04 Å². The molecule has 16 heavy (non-hydrogen) atoms. The highest BCUT2D eigenvalue weighted by Gasteiger charge is 2.19. The summed E-state index contributed by atoms with van der Waals surface area (Å²) in [4.78, 5) is 11.8. The lowest BCUT2D eigenvalue weighted by Crippen LogP contribution is -2.47. The Morgan fingerprint density at radius 1 is 1.19 bits per heavy atom. The minimum absolute atomic E-state index is 0.00422. The average molecular weight is 228 g/mol. The summed E-state index contributed by atoms with van der Waals surface area (Å²) in [6, 6.07) is -0.0665. The van der Waals surface area contributed by atoms with E-state index in [1.165, 1.54) is 12.8 Å². The smallest absolute Gasteiger partial charge is 0.237 e. The van der Waals surface area contributed by atoms with E-state index in [2.05, 4.69) is 19.2 Å². The third kappa shape index (κ3) is 6.11. The Morgan fingerprint density at radius 3 is 2.25 bits per heavy atom. The molecule has 0 spiro atoms. The minimum atomic E-state index is -0.374. The van der Waals surface area contributed by atoms with Crippen molar-refractivity contribution in [1.29, 1.82) is 0 Å². The van der Waals surface area contributed by atoms with Crippen LogP contribution in [-0.2, 0) is 4.79 Å². The van der Waals surface area contributed by atoms with Crippen molar-refractivity contribution in [2.45, 2.75) is 71.9 Å². The Hall–Kier alpha value is -0.570. The van der Waals surface area contributed by atoms with Crippen LogP contribution in [-0.4, -0.2) is 18.0 Å². The Kier molecular flexibility index (Phi) is 8.26. The zero-order valence-electron chi connectivity index (χ0n) is 11.3. The van der Waals surface area contributed by atoms with Crippen LogP contribution in [0.3, 0.4) is 0 Å². The summed E-state index contributed by atoms with van der Waals surface area (Å²) < 4.78 is 0. The predicted molar refractivity (Wildman–Crippen MR) is 69.2 cm³/mol. The maximum absolute atomic E-state index is 11.8. The van der Waals surface area contributed by atoms with Crippen LogP contribution in [0.15, 0.2) is 0 Å². The van der Waals surface area contributed by atoms with E-state index in [0.29, 0.717) is 6.04 Å². The molecule has 0 rings (SSSR count). The SMILES string of the molecule is CCCCC(CCC)NC(=O)C(N)C(C)C. The van der Waals surface area contributed by atoms with Gasteiger partial charge in [-0.15, -0.1) is 0 Å². The number of hydrogen-bond acceptors (Lipinski definition) is 2. The monoisotopic (exact) mass is 228 g/mol. The molecule has 0 aromatic carbocycles. The van der Waals surface area contributed by atoms with Crippen molar-refractivity contribution >= 4 is 5.91 Å². The zero-order chi connectivity index (χ0) is 12.6. The van der Waals surface area contributed by atoms with Crippen LogP contribution in [0.5, 0.6) is 0 Å². The Labute approximate surface area is 100 Å². The van der Waals surface area contributed by atoms with Crippen LogP contribution in [0, 0.1) is 5.92 Å². The van der Waals surface area contributed by atoms with Crippen LogP contribution in [0.25, 0.3) is 0 Å². The number of carbonyl (C=O) groups excluding carboxylic acids is 1. The highest BCUT2D eigenvalue weighted by molar-refractivity contribution is 5.81. The fourth-order valence-corrected chi connectivity index (χ4v) is 1.69. The molecule has 0 heterocycles. The van der Waals surface area contributed by atoms with Gasteiger partial charge in [0.1, 0.15) is 0 Å². The molecule has 96 valence electrons. The van der Waals surface area contributed by atoms with Gasteiger partial charge in [-0.25, -0.2) is 0 Å². The van der Waals surface area contributed by atoms with Gasteiger partial charge in [-0.2, -0.15) is 0 Å². The van der Waals surface area contributed by atoms with E-state index in [1.807, 2.05) is 13.8 Å². The van der Waals surface area contributed by atoms with Crippen molar-refractivity contribution in [1.82, 2.24) is 5.32 Å². The molecular formula is C13H28N2O. The van der Waals surface area contributed by atoms with Gasteiger partial charge < -0.3 is 11.1 Å². The lowest BCUT2D eigenvalue weighted by atomic mass is 10.0. The van der Waals surface area contributed by atoms with E-state index >= 15 is 0 Å². The zero-order valence-corrected chi connectivity index (χ0v) is 11.3. The van der Waals surface area contributed by atoms with Crippen LogP contribution in [0.2, 0.25) is 0 Å². The second kappa shape index (κ2) is 8.57. The van der Waals surface area contributed by atoms with Crippen molar-refractivity contribution < 1.29 is 4.79 Å². The van der Waals surface area contributed by atoms with Crippen molar-refractivity contribution in [3.8, 4) is 0 Å². The van der Waals surface area contributed by atoms with Crippen LogP contribution in [0.1, 0.15) is 59.8 Å². The van der Waals surface area contributed by atoms with Gasteiger partial charge in [0.2, 0.25) is 5.91 Å². The molecule has 2 unspecified atom stereocenters. The van der Waals surface area contributed by atoms with E-state index in [4.69, 9.17) is 5.73 Å². The maximum atomic E-state index is 11.8. The molecule has 0 aromatic rings. The fourth-order valence-electron chi connectivity index (χ4n) is 1.69. The first-order chi connectivity index (χ1) is 7.52. The molecule has 3 heteroatoms. The number of hydrogen-bond donors (Lipinski definition) is 2. The first kappa shape index (κ1) is 15.4. The molecule has 1 amide bonds. The number of nitrogens with two attached hydrogens (primary N) is 1. The molecule has 0 aliphatic heterocycles. The summed E-state index contributed by atoms with van der Waals surface area (Å²) in [5.74, 6) is 0.206. The number of carbonyl (C=O) groups is 1. The highest BCUT2D eigenvalue weighted by Crippen LogP contribution is 2.08. The van der Waals surface area contributed by atoms with Gasteiger partial charge in [-0.1, -0.05) is 47.0 Å². The third-order valence-corrected chi connectivity index (χ3v) is 2.91. The molecule has 2 atom stereocenters. The molecule has 0 aliphatic carbocycles. The molecule has 0 aliphatic rings. The lowest BCUT2D eigenvalue weighted by Gasteiger charge is -2.22. The summed E-state index contributed by atoms with van der Waals surface area (Å²) in [5.41, 5.74) is 5.82. The number of nitrogens with one attached hydrogen (secondary N) is 1. The van der Waals surface area contributed by atoms with E-state index in [0.717, 1.165) is 19.3 Å². The molecule has 3 N–H and O–H groups in total. The normalized spacial score (nSPS) is 14.9. The van der Waals surface area contributed by atoms with E-state index in [1.54, 1.807) is 0 Å². The summed E-state index contributed by atoms with van der Waals surface area (Å²) in [6.07, 6.45) is 5.57. The fraction of sp³-hybridized carbons (Fsp3) is 0.923. The van der Waals surface area contributed by atoms with Gasteiger partial charge in [0.25, 0.3) is 0 Å². The van der Waals surface area contributed by atoms with Crippen molar-refractivity contribution in [2.24, 2.45) is 11.7 Å². The third-order valence-electron chi connectivity index (χ3n) is 2.91. The van der Waals surface area contributed by atoms with Crippen molar-refractivity contribution in [3.05, 3.63) is 0 Å². The topological polar surface area (TPSA) is 55.1 Å². The van der Waals surface area contributed by atoms with E-state index in [-0.39, 0.29) is 17.9 Å². The summed E-state index contributed by atoms with van der Waals surface area (Å²) in [7, 11) is 0. The van der Waals surface area contributed by atoms with Crippen LogP contribution < -0.4 is 11.1 Å². The summed E-state index contributed by atoms with van der Waals surface area (Å²) in [6.45, 7) is 8.27. The predicted octanol–water partition coefficient (Wildman–Crippen LogP) is 2.44. The highest BCUT2D eigenvalue weighted by atomic mass is 16.2. The Balaban J connectivity index is 4.11. The number of unbranched alkanes of at least 4 members (excludes halogenated alkanes) is 1. The first-order valence-electron chi connectivity index (χ1n) is 6.58. The second-order valence-corrected chi connectivity index (χ2v) is 4.91. The number of rotatable bonds is 8. The molecule has 0 bridgehead atoms. The molecule has 0 radical (unpaired) electrons. The standard InChI is InChI=1S/C13H28N2O/c1-5-7-9-11(8-6-2)15-13(16)12(14)10(3)4/h10-12H,5-9,14H2,1-4H3,(H,15,16). The summed E-state index contributed by atoms with van der Waals surface area (Å²) >= 11 is 0. The minimum Gasteiger partial charge on any atom is -0.352 e. The largest absolute Gasteiger partial charge is 0.352 e. The molecule has 0 fully saturated rings. The second-order valence-electron chi connectivity index (χ2n) is 4.91. The van der Waals surface area contributed by atoms with Gasteiger partial charge >= 0.3 is 0 Å². The van der Waals surface area contributed by atoms with Crippen molar-refractivity contribution in [3.63, 3.8) is 0 Å².